The highest BCUT2D eigenvalue weighted by Crippen LogP contribution is 2.33. The number of nitrogens with two attached hydrogens (primary N) is 2. The lowest BCUT2D eigenvalue weighted by Gasteiger charge is -2.27. The summed E-state index contributed by atoms with van der Waals surface area (Å²) in [6.07, 6.45) is 4.44. The van der Waals surface area contributed by atoms with Crippen LogP contribution < -0.4 is 20.9 Å². The van der Waals surface area contributed by atoms with Crippen LogP contribution in [0.3, 0.4) is 0 Å². The number of rotatable bonds is 8. The van der Waals surface area contributed by atoms with Crippen molar-refractivity contribution in [3.8, 4) is 5.75 Å². The number of sulfonamides is 1. The number of aromatic nitrogens is 2. The van der Waals surface area contributed by atoms with Gasteiger partial charge in [0.25, 0.3) is 0 Å². The molecule has 3 heterocycles. The molecule has 0 aliphatic carbocycles. The van der Waals surface area contributed by atoms with E-state index >= 15 is 0 Å². The van der Waals surface area contributed by atoms with E-state index in [0.717, 1.165) is 17.8 Å². The zero-order valence-electron chi connectivity index (χ0n) is 22.2. The number of nitrogens with one attached hydrogen (secondary N) is 2. The van der Waals surface area contributed by atoms with Crippen molar-refractivity contribution in [2.45, 2.75) is 30.3 Å². The molecule has 0 saturated heterocycles. The molecule has 0 amide bonds. The van der Waals surface area contributed by atoms with Crippen molar-refractivity contribution in [1.29, 1.82) is 0 Å². The predicted molar refractivity (Wildman–Crippen MR) is 160 cm³/mol. The number of carboxylic acids is 1. The molecular weight excluding hydrogens is 651 g/mol. The molecule has 0 saturated carbocycles. The first-order valence-electron chi connectivity index (χ1n) is 12.3. The van der Waals surface area contributed by atoms with Crippen LogP contribution in [0.15, 0.2) is 58.2 Å². The molecule has 0 spiro atoms. The largest absolute Gasteiger partial charge is 0.488 e. The van der Waals surface area contributed by atoms with Crippen LogP contribution in [0.2, 0.25) is 5.02 Å². The van der Waals surface area contributed by atoms with Crippen molar-refractivity contribution >= 4 is 57.9 Å². The molecule has 1 aliphatic rings. The van der Waals surface area contributed by atoms with E-state index in [0.29, 0.717) is 42.1 Å². The number of aromatic carboxylic acids is 1. The predicted octanol–water partition coefficient (Wildman–Crippen LogP) is 4.81. The molecule has 0 radical (unpaired) electrons. The lowest BCUT2D eigenvalue weighted by atomic mass is 10.0. The zero-order valence-corrected chi connectivity index (χ0v) is 25.4. The minimum absolute atomic E-state index is 0. The number of hydrogen-bond acceptors (Lipinski definition) is 8. The fourth-order valence-electron chi connectivity index (χ4n) is 4.43. The Balaban J connectivity index is 0.000000230. The third kappa shape index (κ3) is 8.13. The Morgan fingerprint density at radius 3 is 2.65 bits per heavy atom. The van der Waals surface area contributed by atoms with Crippen LogP contribution in [0.25, 0.3) is 0 Å². The monoisotopic (exact) mass is 677 g/mol. The van der Waals surface area contributed by atoms with Gasteiger partial charge in [0.05, 0.1) is 35.1 Å². The first kappa shape index (κ1) is 34.0. The third-order valence-electron chi connectivity index (χ3n) is 6.26. The highest BCUT2D eigenvalue weighted by atomic mass is 35.5. The summed E-state index contributed by atoms with van der Waals surface area (Å²) in [7, 11) is -4.11. The minimum Gasteiger partial charge on any atom is -0.488 e. The number of carbonyl (C=O) groups is 1. The lowest BCUT2D eigenvalue weighted by Crippen LogP contribution is -2.27. The summed E-state index contributed by atoms with van der Waals surface area (Å²) in [5.74, 6) is -1.86. The van der Waals surface area contributed by atoms with Gasteiger partial charge < -0.3 is 34.9 Å². The van der Waals surface area contributed by atoms with Gasteiger partial charge in [0.15, 0.2) is 16.3 Å². The number of ether oxygens (including phenoxy) is 1. The van der Waals surface area contributed by atoms with Crippen molar-refractivity contribution in [2.75, 3.05) is 18.5 Å². The van der Waals surface area contributed by atoms with Crippen LogP contribution >= 0.6 is 36.2 Å². The Morgan fingerprint density at radius 2 is 2.02 bits per heavy atom. The Kier molecular flexibility index (Phi) is 11.3. The number of fused-ring (bicyclic) bond motifs is 1. The normalized spacial score (nSPS) is 14.0. The molecule has 1 aliphatic heterocycles. The van der Waals surface area contributed by atoms with Gasteiger partial charge >= 0.3 is 5.97 Å². The number of benzene rings is 2. The molecule has 0 unspecified atom stereocenters. The third-order valence-corrected chi connectivity index (χ3v) is 7.95. The lowest BCUT2D eigenvalue weighted by molar-refractivity contribution is 0.0697. The number of anilines is 1. The number of hydrogen-bond donors (Lipinski definition) is 5. The molecular formula is C26H27Cl2F2N5O6S2. The van der Waals surface area contributed by atoms with Crippen LogP contribution in [-0.2, 0) is 29.4 Å². The van der Waals surface area contributed by atoms with Gasteiger partial charge in [-0.1, -0.05) is 11.6 Å². The summed E-state index contributed by atoms with van der Waals surface area (Å²) in [6.45, 7) is 1.01. The van der Waals surface area contributed by atoms with E-state index in [-0.39, 0.29) is 47.0 Å². The molecule has 2 aromatic heterocycles. The zero-order chi connectivity index (χ0) is 30.6. The van der Waals surface area contributed by atoms with E-state index in [1.54, 1.807) is 12.1 Å². The average Bonchev–Trinajstić information content (AvgIpc) is 3.56. The van der Waals surface area contributed by atoms with Crippen LogP contribution in [0.4, 0.5) is 14.5 Å². The van der Waals surface area contributed by atoms with E-state index < -0.39 is 32.5 Å². The number of primary sulfonamides is 1. The van der Waals surface area contributed by atoms with Gasteiger partial charge in [0.2, 0.25) is 10.0 Å². The Morgan fingerprint density at radius 1 is 1.28 bits per heavy atom. The molecule has 1 atom stereocenters. The van der Waals surface area contributed by atoms with Crippen LogP contribution in [0.5, 0.6) is 5.75 Å². The topological polar surface area (TPSA) is 179 Å². The SMILES string of the molecule is Cl.NCCc1c[nH]c(=S)n1[C@H]1COc2c(F)cc(F)cc2C1.NS(=O)(=O)c1cc(C(=O)O)c(NCc2ccco2)cc1Cl. The van der Waals surface area contributed by atoms with Gasteiger partial charge in [-0.3, -0.25) is 0 Å². The molecule has 0 bridgehead atoms. The van der Waals surface area contributed by atoms with Gasteiger partial charge in [-0.25, -0.2) is 27.1 Å². The summed E-state index contributed by atoms with van der Waals surface area (Å²) in [4.78, 5) is 13.8. The van der Waals surface area contributed by atoms with Gasteiger partial charge in [0, 0.05) is 36.4 Å². The van der Waals surface area contributed by atoms with E-state index in [4.69, 9.17) is 49.0 Å². The second-order valence-corrected chi connectivity index (χ2v) is 11.5. The second kappa shape index (κ2) is 14.3. The number of halogens is 4. The summed E-state index contributed by atoms with van der Waals surface area (Å²) >= 11 is 11.1. The Labute approximate surface area is 261 Å². The maximum Gasteiger partial charge on any atom is 0.337 e. The van der Waals surface area contributed by atoms with Crippen LogP contribution in [-0.4, -0.2) is 42.2 Å². The van der Waals surface area contributed by atoms with E-state index in [1.165, 1.54) is 18.4 Å². The summed E-state index contributed by atoms with van der Waals surface area (Å²) in [5, 5.41) is 16.8. The van der Waals surface area contributed by atoms with Gasteiger partial charge in [-0.15, -0.1) is 12.4 Å². The minimum atomic E-state index is -4.11. The summed E-state index contributed by atoms with van der Waals surface area (Å²) in [6, 6.07) is 7.56. The number of imidazole rings is 1. The van der Waals surface area contributed by atoms with Gasteiger partial charge in [-0.2, -0.15) is 0 Å². The van der Waals surface area contributed by atoms with Crippen molar-refractivity contribution in [2.24, 2.45) is 10.9 Å². The highest BCUT2D eigenvalue weighted by Gasteiger charge is 2.26. The number of nitrogens with zero attached hydrogens (tertiary/aromatic N) is 1. The molecule has 11 nitrogen and oxygen atoms in total. The quantitative estimate of drug-likeness (QED) is 0.164. The van der Waals surface area contributed by atoms with Crippen LogP contribution in [0.1, 0.15) is 33.4 Å². The van der Waals surface area contributed by atoms with Crippen molar-refractivity contribution < 1.29 is 36.3 Å². The number of furan rings is 1. The Hall–Kier alpha value is -3.47. The van der Waals surface area contributed by atoms with E-state index in [9.17, 15) is 22.0 Å². The number of H-pyrrole nitrogens is 1. The second-order valence-electron chi connectivity index (χ2n) is 9.15. The first-order chi connectivity index (χ1) is 19.9. The van der Waals surface area contributed by atoms with Crippen molar-refractivity contribution in [3.63, 3.8) is 0 Å². The molecule has 232 valence electrons. The van der Waals surface area contributed by atoms with Crippen molar-refractivity contribution in [1.82, 2.24) is 9.55 Å². The summed E-state index contributed by atoms with van der Waals surface area (Å²) < 4.78 is 62.8. The molecule has 43 heavy (non-hydrogen) atoms. The Bertz CT molecular complexity index is 1760. The molecule has 17 heteroatoms. The summed E-state index contributed by atoms with van der Waals surface area (Å²) in [5.41, 5.74) is 6.99. The standard InChI is InChI=1S/C14H15F2N3OS.C12H11ClN2O5S.ClH/c15-9-3-8-4-11(7-20-13(8)12(16)5-9)19-10(1-2-17)6-18-14(19)21;13-9-5-10(15-6-7-2-1-3-20-7)8(12(16)17)4-11(9)21(14,18)19;/h3,5-6,11H,1-2,4,7,17H2,(H,18,21);1-5,15H,6H2,(H,16,17)(H2,14,18,19);1H/t11-;;/m1../s1. The maximum atomic E-state index is 13.7. The molecule has 4 aromatic rings. The first-order valence-corrected chi connectivity index (χ1v) is 14.7. The van der Waals surface area contributed by atoms with E-state index in [2.05, 4.69) is 10.3 Å². The fourth-order valence-corrected chi connectivity index (χ4v) is 5.85. The molecule has 0 fully saturated rings. The molecule has 5 rings (SSSR count). The fraction of sp³-hybridized carbons (Fsp3) is 0.231. The van der Waals surface area contributed by atoms with Gasteiger partial charge in [-0.05, 0) is 49.1 Å². The number of carboxylic acid groups (broad SMARTS) is 1. The van der Waals surface area contributed by atoms with Gasteiger partial charge in [0.1, 0.15) is 23.1 Å². The smallest absolute Gasteiger partial charge is 0.337 e. The highest BCUT2D eigenvalue weighted by molar-refractivity contribution is 7.89. The number of aromatic amines is 1. The van der Waals surface area contributed by atoms with Crippen LogP contribution in [0, 0.1) is 16.4 Å². The van der Waals surface area contributed by atoms with E-state index in [1.807, 2.05) is 10.8 Å². The average molecular weight is 679 g/mol. The van der Waals surface area contributed by atoms with Crippen molar-refractivity contribution in [3.05, 3.63) is 92.9 Å². The maximum absolute atomic E-state index is 13.7. The molecule has 2 aromatic carbocycles. The molecule has 7 N–H and O–H groups in total.